The lowest BCUT2D eigenvalue weighted by Crippen LogP contribution is -2.70. The van der Waals surface area contributed by atoms with Crippen molar-refractivity contribution in [3.05, 3.63) is 29.8 Å². The van der Waals surface area contributed by atoms with Crippen LogP contribution in [0.2, 0.25) is 0 Å². The summed E-state index contributed by atoms with van der Waals surface area (Å²) in [6, 6.07) is 2.41. The lowest BCUT2D eigenvalue weighted by molar-refractivity contribution is -0.138. The summed E-state index contributed by atoms with van der Waals surface area (Å²) in [4.78, 5) is 25.8. The molecule has 0 spiro atoms. The Labute approximate surface area is 122 Å². The molecule has 1 N–H and O–H groups in total. The van der Waals surface area contributed by atoms with Crippen molar-refractivity contribution in [2.75, 3.05) is 4.90 Å². The molecule has 1 aliphatic heterocycles. The largest absolute Gasteiger partial charge is 0.340 e. The van der Waals surface area contributed by atoms with Gasteiger partial charge in [0, 0.05) is 0 Å². The van der Waals surface area contributed by atoms with E-state index in [1.807, 2.05) is 0 Å². The van der Waals surface area contributed by atoms with Crippen LogP contribution >= 0.6 is 0 Å². The van der Waals surface area contributed by atoms with E-state index < -0.39 is 40.7 Å². The molecule has 1 heterocycles. The van der Waals surface area contributed by atoms with Gasteiger partial charge >= 0.3 is 0 Å². The smallest absolute Gasteiger partial charge is 0.253 e. The van der Waals surface area contributed by atoms with Crippen molar-refractivity contribution in [3.8, 4) is 0 Å². The SMILES string of the molecule is CCC1(CC)NC(=O)C(C)N(c2c(F)cccc2F)C1=O. The standard InChI is InChI=1S/C15H18F2N2O2/c1-4-15(5-2)14(21)19(9(3)13(20)18-15)12-10(16)7-6-8-11(12)17/h6-9H,4-5H2,1-3H3,(H,18,20). The first-order valence-corrected chi connectivity index (χ1v) is 6.97. The van der Waals surface area contributed by atoms with Crippen molar-refractivity contribution < 1.29 is 18.4 Å². The number of amides is 2. The number of halogens is 2. The van der Waals surface area contributed by atoms with Crippen LogP contribution in [0.5, 0.6) is 0 Å². The van der Waals surface area contributed by atoms with Gasteiger partial charge in [-0.3, -0.25) is 14.5 Å². The number of nitrogens with zero attached hydrogens (tertiary/aromatic N) is 1. The highest BCUT2D eigenvalue weighted by atomic mass is 19.1. The molecule has 1 atom stereocenters. The molecule has 0 aliphatic carbocycles. The van der Waals surface area contributed by atoms with Crippen molar-refractivity contribution in [1.82, 2.24) is 5.32 Å². The zero-order valence-corrected chi connectivity index (χ0v) is 12.2. The molecule has 1 fully saturated rings. The summed E-state index contributed by atoms with van der Waals surface area (Å²) in [5.41, 5.74) is -1.57. The Morgan fingerprint density at radius 2 is 1.71 bits per heavy atom. The highest BCUT2D eigenvalue weighted by Crippen LogP contribution is 2.32. The molecule has 1 aromatic rings. The van der Waals surface area contributed by atoms with Gasteiger partial charge in [0.25, 0.3) is 5.91 Å². The number of nitrogens with one attached hydrogen (secondary N) is 1. The molecule has 6 heteroatoms. The van der Waals surface area contributed by atoms with Gasteiger partial charge in [-0.2, -0.15) is 0 Å². The van der Waals surface area contributed by atoms with Crippen LogP contribution in [0.1, 0.15) is 33.6 Å². The highest BCUT2D eigenvalue weighted by molar-refractivity contribution is 6.10. The van der Waals surface area contributed by atoms with Crippen LogP contribution in [0.3, 0.4) is 0 Å². The van der Waals surface area contributed by atoms with Crippen LogP contribution in [-0.2, 0) is 9.59 Å². The maximum absolute atomic E-state index is 14.0. The quantitative estimate of drug-likeness (QED) is 0.931. The Hall–Kier alpha value is -1.98. The lowest BCUT2D eigenvalue weighted by atomic mass is 9.87. The molecule has 4 nitrogen and oxygen atoms in total. The molecule has 0 radical (unpaired) electrons. The molecule has 2 rings (SSSR count). The fourth-order valence-corrected chi connectivity index (χ4v) is 2.66. The monoisotopic (exact) mass is 296 g/mol. The van der Waals surface area contributed by atoms with E-state index in [9.17, 15) is 18.4 Å². The van der Waals surface area contributed by atoms with E-state index in [2.05, 4.69) is 5.32 Å². The Morgan fingerprint density at radius 1 is 1.19 bits per heavy atom. The summed E-state index contributed by atoms with van der Waals surface area (Å²) in [6.07, 6.45) is 0.709. The number of carbonyl (C=O) groups excluding carboxylic acids is 2. The molecule has 1 aromatic carbocycles. The molecule has 2 amide bonds. The Bertz CT molecular complexity index is 565. The molecular weight excluding hydrogens is 278 g/mol. The van der Waals surface area contributed by atoms with E-state index >= 15 is 0 Å². The van der Waals surface area contributed by atoms with Crippen molar-refractivity contribution in [1.29, 1.82) is 0 Å². The average Bonchev–Trinajstić information content (AvgIpc) is 2.46. The number of piperazine rings is 1. The zero-order chi connectivity index (χ0) is 15.8. The van der Waals surface area contributed by atoms with Gasteiger partial charge in [-0.25, -0.2) is 8.78 Å². The topological polar surface area (TPSA) is 49.4 Å². The number of benzene rings is 1. The zero-order valence-electron chi connectivity index (χ0n) is 12.2. The van der Waals surface area contributed by atoms with Crippen LogP contribution in [-0.4, -0.2) is 23.4 Å². The lowest BCUT2D eigenvalue weighted by Gasteiger charge is -2.44. The average molecular weight is 296 g/mol. The van der Waals surface area contributed by atoms with E-state index in [0.29, 0.717) is 12.8 Å². The first kappa shape index (κ1) is 15.4. The van der Waals surface area contributed by atoms with Crippen LogP contribution in [0.4, 0.5) is 14.5 Å². The van der Waals surface area contributed by atoms with Crippen LogP contribution in [0.15, 0.2) is 18.2 Å². The number of rotatable bonds is 3. The summed E-state index contributed by atoms with van der Waals surface area (Å²) in [7, 11) is 0. The minimum atomic E-state index is -1.11. The predicted molar refractivity (Wildman–Crippen MR) is 74.8 cm³/mol. The number of hydrogen-bond acceptors (Lipinski definition) is 2. The second-order valence-corrected chi connectivity index (χ2v) is 5.20. The highest BCUT2D eigenvalue weighted by Gasteiger charge is 2.49. The van der Waals surface area contributed by atoms with Crippen LogP contribution in [0.25, 0.3) is 0 Å². The maximum Gasteiger partial charge on any atom is 0.253 e. The summed E-state index contributed by atoms with van der Waals surface area (Å²) >= 11 is 0. The molecule has 114 valence electrons. The second kappa shape index (κ2) is 5.42. The Morgan fingerprint density at radius 3 is 2.19 bits per heavy atom. The molecule has 1 aliphatic rings. The van der Waals surface area contributed by atoms with Gasteiger partial charge < -0.3 is 5.32 Å². The molecule has 1 unspecified atom stereocenters. The fraction of sp³-hybridized carbons (Fsp3) is 0.467. The third-order valence-corrected chi connectivity index (χ3v) is 4.14. The molecule has 0 aromatic heterocycles. The van der Waals surface area contributed by atoms with Crippen LogP contribution < -0.4 is 10.2 Å². The van der Waals surface area contributed by atoms with Gasteiger partial charge in [-0.05, 0) is 31.9 Å². The third kappa shape index (κ3) is 2.28. The Kier molecular flexibility index (Phi) is 3.98. The maximum atomic E-state index is 14.0. The summed E-state index contributed by atoms with van der Waals surface area (Å²) in [5, 5.41) is 2.69. The summed E-state index contributed by atoms with van der Waals surface area (Å²) in [5.74, 6) is -2.61. The van der Waals surface area contributed by atoms with E-state index in [1.54, 1.807) is 13.8 Å². The predicted octanol–water partition coefficient (Wildman–Crippen LogP) is 2.37. The van der Waals surface area contributed by atoms with E-state index in [0.717, 1.165) is 17.0 Å². The molecule has 1 saturated heterocycles. The second-order valence-electron chi connectivity index (χ2n) is 5.20. The minimum absolute atomic E-state index is 0.355. The van der Waals surface area contributed by atoms with Gasteiger partial charge in [0.15, 0.2) is 0 Å². The van der Waals surface area contributed by atoms with Crippen molar-refractivity contribution in [2.45, 2.75) is 45.2 Å². The molecule has 21 heavy (non-hydrogen) atoms. The number of anilines is 1. The number of carbonyl (C=O) groups is 2. The molecule has 0 bridgehead atoms. The van der Waals surface area contributed by atoms with E-state index in [1.165, 1.54) is 13.0 Å². The van der Waals surface area contributed by atoms with Gasteiger partial charge in [-0.1, -0.05) is 19.9 Å². The van der Waals surface area contributed by atoms with Gasteiger partial charge in [0.1, 0.15) is 28.9 Å². The van der Waals surface area contributed by atoms with Gasteiger partial charge in [-0.15, -0.1) is 0 Å². The third-order valence-electron chi connectivity index (χ3n) is 4.14. The van der Waals surface area contributed by atoms with Crippen LogP contribution in [0, 0.1) is 11.6 Å². The van der Waals surface area contributed by atoms with E-state index in [4.69, 9.17) is 0 Å². The van der Waals surface area contributed by atoms with Crippen molar-refractivity contribution in [3.63, 3.8) is 0 Å². The van der Waals surface area contributed by atoms with Crippen molar-refractivity contribution in [2.24, 2.45) is 0 Å². The Balaban J connectivity index is 2.59. The van der Waals surface area contributed by atoms with Gasteiger partial charge in [0.2, 0.25) is 5.91 Å². The first-order valence-electron chi connectivity index (χ1n) is 6.97. The fourth-order valence-electron chi connectivity index (χ4n) is 2.66. The van der Waals surface area contributed by atoms with Gasteiger partial charge in [0.05, 0.1) is 0 Å². The minimum Gasteiger partial charge on any atom is -0.340 e. The first-order chi connectivity index (χ1) is 9.88. The number of hydrogen-bond donors (Lipinski definition) is 1. The van der Waals surface area contributed by atoms with Crippen molar-refractivity contribution >= 4 is 17.5 Å². The number of para-hydroxylation sites is 1. The summed E-state index contributed by atoms with van der Waals surface area (Å²) < 4.78 is 28.0. The molecular formula is C15H18F2N2O2. The summed E-state index contributed by atoms with van der Waals surface area (Å²) in [6.45, 7) is 4.97. The van der Waals surface area contributed by atoms with E-state index in [-0.39, 0.29) is 0 Å². The normalized spacial score (nSPS) is 21.4. The molecule has 0 saturated carbocycles.